The number of alkyl halides is 2. The van der Waals surface area contributed by atoms with Gasteiger partial charge in [0.15, 0.2) is 0 Å². The van der Waals surface area contributed by atoms with Crippen LogP contribution in [0, 0.1) is 0 Å². The molecule has 0 saturated heterocycles. The fraction of sp³-hybridized carbons (Fsp3) is 0.308. The van der Waals surface area contributed by atoms with Gasteiger partial charge < -0.3 is 5.32 Å². The van der Waals surface area contributed by atoms with Gasteiger partial charge >= 0.3 is 0 Å². The molecule has 2 aromatic heterocycles. The molecule has 0 aliphatic carbocycles. The molecule has 7 heteroatoms. The zero-order valence-electron chi connectivity index (χ0n) is 10.7. The Kier molecular flexibility index (Phi) is 4.75. The van der Waals surface area contributed by atoms with Crippen LogP contribution < -0.4 is 5.32 Å². The Morgan fingerprint density at radius 2 is 2.25 bits per heavy atom. The van der Waals surface area contributed by atoms with Crippen LogP contribution in [0.2, 0.25) is 0 Å². The monoisotopic (exact) mass is 280 g/mol. The fourth-order valence-electron chi connectivity index (χ4n) is 1.68. The Hall–Kier alpha value is -2.31. The number of carbonyl (C=O) groups is 1. The minimum Gasteiger partial charge on any atom is -0.350 e. The number of nitrogens with zero attached hydrogens (tertiary/aromatic N) is 3. The van der Waals surface area contributed by atoms with E-state index in [4.69, 9.17) is 0 Å². The molecule has 0 spiro atoms. The van der Waals surface area contributed by atoms with Crippen molar-refractivity contribution in [2.75, 3.05) is 6.54 Å². The van der Waals surface area contributed by atoms with E-state index in [-0.39, 0.29) is 11.6 Å². The third-order valence-electron chi connectivity index (χ3n) is 2.62. The number of halogens is 2. The maximum Gasteiger partial charge on any atom is 0.271 e. The number of rotatable bonds is 6. The van der Waals surface area contributed by atoms with Crippen LogP contribution in [0.3, 0.4) is 0 Å². The van der Waals surface area contributed by atoms with Crippen molar-refractivity contribution in [3.8, 4) is 0 Å². The molecule has 1 amide bonds. The van der Waals surface area contributed by atoms with E-state index < -0.39 is 13.0 Å². The van der Waals surface area contributed by atoms with E-state index in [1.165, 1.54) is 12.3 Å². The molecule has 0 unspecified atom stereocenters. The van der Waals surface area contributed by atoms with E-state index in [1.807, 2.05) is 12.1 Å². The zero-order chi connectivity index (χ0) is 14.4. The van der Waals surface area contributed by atoms with E-state index in [0.717, 1.165) is 10.2 Å². The van der Waals surface area contributed by atoms with Crippen molar-refractivity contribution >= 4 is 5.91 Å². The summed E-state index contributed by atoms with van der Waals surface area (Å²) in [6.45, 7) is -0.0742. The van der Waals surface area contributed by atoms with Gasteiger partial charge in [0.1, 0.15) is 12.2 Å². The van der Waals surface area contributed by atoms with Gasteiger partial charge in [-0.25, -0.2) is 8.78 Å². The van der Waals surface area contributed by atoms with Gasteiger partial charge in [-0.3, -0.25) is 14.5 Å². The van der Waals surface area contributed by atoms with Gasteiger partial charge in [0.25, 0.3) is 12.3 Å². The quantitative estimate of drug-likeness (QED) is 0.872. The molecule has 106 valence electrons. The number of pyridine rings is 1. The fourth-order valence-corrected chi connectivity index (χ4v) is 1.68. The first-order valence-corrected chi connectivity index (χ1v) is 6.14. The summed E-state index contributed by atoms with van der Waals surface area (Å²) in [6.07, 6.45) is 2.93. The zero-order valence-corrected chi connectivity index (χ0v) is 10.7. The smallest absolute Gasteiger partial charge is 0.271 e. The standard InChI is InChI=1S/C13H14F2N4O/c14-12(15)9-19-7-4-11(18-19)13(20)17-6-3-10-2-1-5-16-8-10/h1-2,4-5,7-8,12H,3,6,9H2,(H,17,20). The molecule has 0 aliphatic rings. The van der Waals surface area contributed by atoms with Gasteiger partial charge in [-0.05, 0) is 24.1 Å². The predicted octanol–water partition coefficient (Wildman–Crippen LogP) is 1.52. The average molecular weight is 280 g/mol. The normalized spacial score (nSPS) is 10.8. The molecule has 0 radical (unpaired) electrons. The molecule has 2 rings (SSSR count). The molecule has 0 aliphatic heterocycles. The van der Waals surface area contributed by atoms with Gasteiger partial charge in [-0.1, -0.05) is 6.07 Å². The van der Waals surface area contributed by atoms with Crippen molar-refractivity contribution in [2.45, 2.75) is 19.4 Å². The number of aromatic nitrogens is 3. The van der Waals surface area contributed by atoms with Crippen LogP contribution >= 0.6 is 0 Å². The lowest BCUT2D eigenvalue weighted by Crippen LogP contribution is -2.26. The van der Waals surface area contributed by atoms with Crippen LogP contribution in [0.5, 0.6) is 0 Å². The van der Waals surface area contributed by atoms with Gasteiger partial charge in [-0.2, -0.15) is 5.10 Å². The van der Waals surface area contributed by atoms with Gasteiger partial charge in [0.05, 0.1) is 0 Å². The van der Waals surface area contributed by atoms with E-state index >= 15 is 0 Å². The highest BCUT2D eigenvalue weighted by Crippen LogP contribution is 2.01. The van der Waals surface area contributed by atoms with Crippen molar-refractivity contribution in [1.29, 1.82) is 0 Å². The van der Waals surface area contributed by atoms with Crippen LogP contribution in [0.25, 0.3) is 0 Å². The second-order valence-electron chi connectivity index (χ2n) is 4.18. The van der Waals surface area contributed by atoms with Gasteiger partial charge in [0, 0.05) is 25.1 Å². The summed E-state index contributed by atoms with van der Waals surface area (Å²) in [7, 11) is 0. The maximum atomic E-state index is 12.2. The Morgan fingerprint density at radius 1 is 1.40 bits per heavy atom. The molecule has 2 aromatic rings. The Bertz CT molecular complexity index is 557. The molecular weight excluding hydrogens is 266 g/mol. The Balaban J connectivity index is 1.81. The molecule has 1 N–H and O–H groups in total. The Morgan fingerprint density at radius 3 is 2.95 bits per heavy atom. The maximum absolute atomic E-state index is 12.2. The lowest BCUT2D eigenvalue weighted by atomic mass is 10.2. The van der Waals surface area contributed by atoms with E-state index in [0.29, 0.717) is 13.0 Å². The van der Waals surface area contributed by atoms with Gasteiger partial charge in [-0.15, -0.1) is 0 Å². The number of amides is 1. The van der Waals surface area contributed by atoms with Crippen molar-refractivity contribution in [3.63, 3.8) is 0 Å². The van der Waals surface area contributed by atoms with Crippen LogP contribution in [-0.2, 0) is 13.0 Å². The van der Waals surface area contributed by atoms with Crippen LogP contribution in [0.1, 0.15) is 16.1 Å². The summed E-state index contributed by atoms with van der Waals surface area (Å²) < 4.78 is 25.4. The van der Waals surface area contributed by atoms with E-state index in [2.05, 4.69) is 15.4 Å². The third kappa shape index (κ3) is 4.11. The average Bonchev–Trinajstić information content (AvgIpc) is 2.87. The lowest BCUT2D eigenvalue weighted by molar-refractivity contribution is 0.0943. The summed E-state index contributed by atoms with van der Waals surface area (Å²) in [4.78, 5) is 15.7. The molecular formula is C13H14F2N4O. The van der Waals surface area contributed by atoms with Crippen molar-refractivity contribution in [1.82, 2.24) is 20.1 Å². The first-order chi connectivity index (χ1) is 9.65. The number of nitrogens with one attached hydrogen (secondary N) is 1. The molecule has 0 aromatic carbocycles. The minimum absolute atomic E-state index is 0.136. The summed E-state index contributed by atoms with van der Waals surface area (Å²) in [6, 6.07) is 5.15. The van der Waals surface area contributed by atoms with Crippen molar-refractivity contribution < 1.29 is 13.6 Å². The first kappa shape index (κ1) is 14.1. The highest BCUT2D eigenvalue weighted by atomic mass is 19.3. The summed E-state index contributed by atoms with van der Waals surface area (Å²) in [5, 5.41) is 6.47. The molecule has 5 nitrogen and oxygen atoms in total. The summed E-state index contributed by atoms with van der Waals surface area (Å²) >= 11 is 0. The molecule has 0 atom stereocenters. The Labute approximate surface area is 114 Å². The summed E-state index contributed by atoms with van der Waals surface area (Å²) in [5.41, 5.74) is 1.15. The second-order valence-corrected chi connectivity index (χ2v) is 4.18. The van der Waals surface area contributed by atoms with Crippen LogP contribution in [0.4, 0.5) is 8.78 Å². The lowest BCUT2D eigenvalue weighted by Gasteiger charge is -2.03. The molecule has 2 heterocycles. The van der Waals surface area contributed by atoms with Crippen molar-refractivity contribution in [2.24, 2.45) is 0 Å². The van der Waals surface area contributed by atoms with Gasteiger partial charge in [0.2, 0.25) is 0 Å². The van der Waals surface area contributed by atoms with Crippen molar-refractivity contribution in [3.05, 3.63) is 48.0 Å². The van der Waals surface area contributed by atoms with E-state index in [1.54, 1.807) is 12.4 Å². The number of hydrogen-bond donors (Lipinski definition) is 1. The highest BCUT2D eigenvalue weighted by Gasteiger charge is 2.11. The highest BCUT2D eigenvalue weighted by molar-refractivity contribution is 5.92. The topological polar surface area (TPSA) is 59.8 Å². The van der Waals surface area contributed by atoms with Crippen LogP contribution in [0.15, 0.2) is 36.8 Å². The molecule has 0 fully saturated rings. The third-order valence-corrected chi connectivity index (χ3v) is 2.62. The first-order valence-electron chi connectivity index (χ1n) is 6.14. The predicted molar refractivity (Wildman–Crippen MR) is 68.5 cm³/mol. The number of hydrogen-bond acceptors (Lipinski definition) is 3. The second kappa shape index (κ2) is 6.74. The van der Waals surface area contributed by atoms with E-state index in [9.17, 15) is 13.6 Å². The summed E-state index contributed by atoms with van der Waals surface area (Å²) in [5.74, 6) is -0.373. The van der Waals surface area contributed by atoms with Crippen LogP contribution in [-0.4, -0.2) is 33.6 Å². The molecule has 0 bridgehead atoms. The molecule has 20 heavy (non-hydrogen) atoms. The molecule has 0 saturated carbocycles. The minimum atomic E-state index is -2.49. The number of carbonyl (C=O) groups excluding carboxylic acids is 1. The largest absolute Gasteiger partial charge is 0.350 e. The SMILES string of the molecule is O=C(NCCc1cccnc1)c1ccn(CC(F)F)n1.